The zero-order chi connectivity index (χ0) is 20.5. The molecule has 8 heteroatoms. The number of hydrogen-bond donors (Lipinski definition) is 1. The van der Waals surface area contributed by atoms with Crippen LogP contribution < -0.4 is 10.2 Å². The number of aromatic nitrogens is 3. The van der Waals surface area contributed by atoms with E-state index >= 15 is 0 Å². The van der Waals surface area contributed by atoms with Crippen molar-refractivity contribution < 1.29 is 9.18 Å². The Balaban J connectivity index is 1.45. The van der Waals surface area contributed by atoms with Crippen molar-refractivity contribution in [3.63, 3.8) is 0 Å². The van der Waals surface area contributed by atoms with Gasteiger partial charge >= 0.3 is 0 Å². The highest BCUT2D eigenvalue weighted by molar-refractivity contribution is 8.00. The molecule has 2 aliphatic rings. The second-order valence-electron chi connectivity index (χ2n) is 8.27. The van der Waals surface area contributed by atoms with Crippen LogP contribution in [0.15, 0.2) is 23.4 Å². The zero-order valence-electron chi connectivity index (χ0n) is 17.2. The molecule has 156 valence electrons. The maximum Gasteiger partial charge on any atom is 0.237 e. The molecule has 1 atom stereocenters. The van der Waals surface area contributed by atoms with Crippen LogP contribution in [0.2, 0.25) is 0 Å². The van der Waals surface area contributed by atoms with E-state index in [-0.39, 0.29) is 17.0 Å². The number of rotatable bonds is 6. The van der Waals surface area contributed by atoms with Gasteiger partial charge in [-0.1, -0.05) is 24.8 Å². The first-order valence-corrected chi connectivity index (χ1v) is 11.2. The predicted molar refractivity (Wildman–Crippen MR) is 114 cm³/mol. The smallest absolute Gasteiger partial charge is 0.237 e. The fraction of sp³-hybridized carbons (Fsp3) is 0.571. The Bertz CT molecular complexity index is 889. The summed E-state index contributed by atoms with van der Waals surface area (Å²) in [6.45, 7) is 7.85. The minimum Gasteiger partial charge on any atom is -0.341 e. The van der Waals surface area contributed by atoms with Gasteiger partial charge in [-0.2, -0.15) is 0 Å². The van der Waals surface area contributed by atoms with Crippen LogP contribution in [0.4, 0.5) is 16.0 Å². The number of amides is 1. The molecule has 1 unspecified atom stereocenters. The van der Waals surface area contributed by atoms with Crippen molar-refractivity contribution >= 4 is 29.3 Å². The number of hydrogen-bond acceptors (Lipinski definition) is 5. The number of carbonyl (C=O) groups excluding carboxylic acids is 1. The lowest BCUT2D eigenvalue weighted by Gasteiger charge is -2.31. The number of carbonyl (C=O) groups is 1. The minimum absolute atomic E-state index is 0.169. The van der Waals surface area contributed by atoms with Crippen molar-refractivity contribution in [1.82, 2.24) is 14.8 Å². The maximum absolute atomic E-state index is 13.7. The summed E-state index contributed by atoms with van der Waals surface area (Å²) < 4.78 is 16.0. The Morgan fingerprint density at radius 1 is 1.24 bits per heavy atom. The van der Waals surface area contributed by atoms with Crippen LogP contribution in [0.1, 0.15) is 51.1 Å². The molecule has 0 bridgehead atoms. The summed E-state index contributed by atoms with van der Waals surface area (Å²) in [4.78, 5) is 15.0. The summed E-state index contributed by atoms with van der Waals surface area (Å²) in [5.41, 5.74) is 1.03. The molecule has 1 saturated heterocycles. The SMILES string of the molecule is Cc1ccc(NC(=O)C(C)Sc2nnc(N3CCC(C)CC3)n2C2CC2)cc1F. The van der Waals surface area contributed by atoms with Gasteiger partial charge in [-0.15, -0.1) is 10.2 Å². The number of thioether (sulfide) groups is 1. The number of anilines is 2. The lowest BCUT2D eigenvalue weighted by molar-refractivity contribution is -0.115. The van der Waals surface area contributed by atoms with Crippen LogP contribution in [0.3, 0.4) is 0 Å². The average Bonchev–Trinajstić information content (AvgIpc) is 3.45. The standard InChI is InChI=1S/C21H28FN5OS/c1-13-8-10-26(11-9-13)20-24-25-21(27(20)17-6-7-17)29-15(3)19(28)23-16-5-4-14(2)18(22)12-16/h4-5,12-13,15,17H,6-11H2,1-3H3,(H,23,28). The van der Waals surface area contributed by atoms with Crippen LogP contribution in [-0.2, 0) is 4.79 Å². The van der Waals surface area contributed by atoms with Crippen LogP contribution in [0.5, 0.6) is 0 Å². The average molecular weight is 418 g/mol. The summed E-state index contributed by atoms with van der Waals surface area (Å²) in [7, 11) is 0. The maximum atomic E-state index is 13.7. The molecule has 0 radical (unpaired) electrons. The van der Waals surface area contributed by atoms with Gasteiger partial charge in [0.15, 0.2) is 5.16 Å². The topological polar surface area (TPSA) is 63.1 Å². The van der Waals surface area contributed by atoms with E-state index < -0.39 is 0 Å². The second-order valence-corrected chi connectivity index (χ2v) is 9.57. The molecule has 2 heterocycles. The number of nitrogens with zero attached hydrogens (tertiary/aromatic N) is 4. The molecule has 6 nitrogen and oxygen atoms in total. The number of benzene rings is 1. The van der Waals surface area contributed by atoms with Gasteiger partial charge in [-0.05, 0) is 63.1 Å². The third kappa shape index (κ3) is 4.57. The van der Waals surface area contributed by atoms with Gasteiger partial charge in [0.25, 0.3) is 0 Å². The first kappa shape index (κ1) is 20.2. The van der Waals surface area contributed by atoms with E-state index in [9.17, 15) is 9.18 Å². The Kier molecular flexibility index (Phi) is 5.81. The fourth-order valence-corrected chi connectivity index (χ4v) is 4.47. The highest BCUT2D eigenvalue weighted by atomic mass is 32.2. The Labute approximate surface area is 175 Å². The molecule has 2 aromatic rings. The van der Waals surface area contributed by atoms with Gasteiger partial charge in [0.05, 0.1) is 5.25 Å². The molecule has 2 fully saturated rings. The lowest BCUT2D eigenvalue weighted by Crippen LogP contribution is -2.34. The van der Waals surface area contributed by atoms with E-state index in [4.69, 9.17) is 0 Å². The Morgan fingerprint density at radius 2 is 1.97 bits per heavy atom. The predicted octanol–water partition coefficient (Wildman–Crippen LogP) is 4.42. The van der Waals surface area contributed by atoms with E-state index in [1.165, 1.54) is 30.7 Å². The molecule has 1 aliphatic heterocycles. The van der Waals surface area contributed by atoms with Gasteiger partial charge in [0, 0.05) is 24.8 Å². The first-order valence-electron chi connectivity index (χ1n) is 10.4. The van der Waals surface area contributed by atoms with Gasteiger partial charge in [0.1, 0.15) is 5.82 Å². The van der Waals surface area contributed by atoms with E-state index in [1.807, 2.05) is 6.92 Å². The van der Waals surface area contributed by atoms with Crippen molar-refractivity contribution in [2.75, 3.05) is 23.3 Å². The molecule has 1 amide bonds. The van der Waals surface area contributed by atoms with E-state index in [0.29, 0.717) is 17.3 Å². The Hall–Kier alpha value is -2.09. The molecule has 29 heavy (non-hydrogen) atoms. The monoisotopic (exact) mass is 417 g/mol. The minimum atomic E-state index is -0.365. The van der Waals surface area contributed by atoms with Crippen LogP contribution in [-0.4, -0.2) is 39.0 Å². The summed E-state index contributed by atoms with van der Waals surface area (Å²) in [6, 6.07) is 5.17. The fourth-order valence-electron chi connectivity index (χ4n) is 3.55. The van der Waals surface area contributed by atoms with Gasteiger partial charge in [0.2, 0.25) is 11.9 Å². The largest absolute Gasteiger partial charge is 0.341 e. The molecule has 1 aromatic heterocycles. The van der Waals surface area contributed by atoms with Gasteiger partial charge in [-0.3, -0.25) is 9.36 Å². The Morgan fingerprint density at radius 3 is 2.62 bits per heavy atom. The third-order valence-corrected chi connectivity index (χ3v) is 6.77. The second kappa shape index (κ2) is 8.34. The van der Waals surface area contributed by atoms with Crippen LogP contribution >= 0.6 is 11.8 Å². The van der Waals surface area contributed by atoms with Crippen molar-refractivity contribution in [1.29, 1.82) is 0 Å². The molecule has 1 N–H and O–H groups in total. The number of aryl methyl sites for hydroxylation is 1. The van der Waals surface area contributed by atoms with Gasteiger partial charge < -0.3 is 10.2 Å². The molecule has 1 saturated carbocycles. The van der Waals surface area contributed by atoms with E-state index in [1.54, 1.807) is 19.1 Å². The van der Waals surface area contributed by atoms with Crippen molar-refractivity contribution in [3.8, 4) is 0 Å². The summed E-state index contributed by atoms with van der Waals surface area (Å²) in [5, 5.41) is 12.1. The molecule has 1 aromatic carbocycles. The first-order chi connectivity index (χ1) is 13.9. The van der Waals surface area contributed by atoms with Crippen molar-refractivity contribution in [2.24, 2.45) is 5.92 Å². The summed E-state index contributed by atoms with van der Waals surface area (Å²) in [5.74, 6) is 1.21. The molecular weight excluding hydrogens is 389 g/mol. The van der Waals surface area contributed by atoms with E-state index in [0.717, 1.165) is 43.0 Å². The normalized spacial score (nSPS) is 18.7. The zero-order valence-corrected chi connectivity index (χ0v) is 18.0. The molecule has 4 rings (SSSR count). The summed E-state index contributed by atoms with van der Waals surface area (Å²) >= 11 is 1.42. The summed E-state index contributed by atoms with van der Waals surface area (Å²) in [6.07, 6.45) is 4.61. The van der Waals surface area contributed by atoms with Crippen LogP contribution in [0.25, 0.3) is 0 Å². The molecule has 1 aliphatic carbocycles. The van der Waals surface area contributed by atoms with E-state index in [2.05, 4.69) is 31.9 Å². The lowest BCUT2D eigenvalue weighted by atomic mass is 10.00. The molecule has 0 spiro atoms. The highest BCUT2D eigenvalue weighted by Crippen LogP contribution is 2.42. The highest BCUT2D eigenvalue weighted by Gasteiger charge is 2.33. The molecular formula is C21H28FN5OS. The van der Waals surface area contributed by atoms with Gasteiger partial charge in [-0.25, -0.2) is 4.39 Å². The number of halogens is 1. The van der Waals surface area contributed by atoms with Crippen LogP contribution in [0, 0.1) is 18.7 Å². The quantitative estimate of drug-likeness (QED) is 0.705. The number of nitrogens with one attached hydrogen (secondary N) is 1. The number of piperidine rings is 1. The van der Waals surface area contributed by atoms with Crippen molar-refractivity contribution in [2.45, 2.75) is 62.9 Å². The third-order valence-electron chi connectivity index (χ3n) is 5.72. The van der Waals surface area contributed by atoms with Crippen molar-refractivity contribution in [3.05, 3.63) is 29.6 Å².